The van der Waals surface area contributed by atoms with Crippen molar-refractivity contribution in [1.82, 2.24) is 0 Å². The topological polar surface area (TPSA) is 68.1 Å². The molecule has 1 aromatic carbocycles. The summed E-state index contributed by atoms with van der Waals surface area (Å²) < 4.78 is 4.58. The number of amides is 2. The van der Waals surface area contributed by atoms with Crippen LogP contribution in [0.1, 0.15) is 6.42 Å². The van der Waals surface area contributed by atoms with Gasteiger partial charge in [-0.2, -0.15) is 0 Å². The van der Waals surface area contributed by atoms with Gasteiger partial charge in [0, 0.05) is 5.02 Å². The molecule has 6 nitrogen and oxygen atoms in total. The summed E-state index contributed by atoms with van der Waals surface area (Å²) in [5.74, 6) is -1.02. The first kappa shape index (κ1) is 15.5. The van der Waals surface area contributed by atoms with Gasteiger partial charge in [0.05, 0.1) is 26.3 Å². The lowest BCUT2D eigenvalue weighted by molar-refractivity contribution is -0.887. The van der Waals surface area contributed by atoms with Crippen molar-refractivity contribution in [3.63, 3.8) is 0 Å². The van der Waals surface area contributed by atoms with Crippen LogP contribution in [0.5, 0.6) is 0 Å². The first-order valence-electron chi connectivity index (χ1n) is 6.45. The molecule has 1 N–H and O–H groups in total. The largest absolute Gasteiger partial charge is 0.465 e. The summed E-state index contributed by atoms with van der Waals surface area (Å²) in [6, 6.07) is 5.91. The van der Waals surface area contributed by atoms with Crippen LogP contribution in [0, 0.1) is 0 Å². The van der Waals surface area contributed by atoms with Crippen LogP contribution in [0.15, 0.2) is 24.3 Å². The van der Waals surface area contributed by atoms with Gasteiger partial charge in [0.25, 0.3) is 5.91 Å². The standard InChI is InChI=1S/C14H15ClN2O4/c1-16(8-13(19)21-2)11-7-12(18)17(14(11)20)10-5-3-9(15)4-6-10/h3-6,11H,7-8H2,1-2H3/p+1/t11-/m0/s1. The number of carbonyl (C=O) groups is 3. The van der Waals surface area contributed by atoms with Gasteiger partial charge in [-0.25, -0.2) is 9.69 Å². The van der Waals surface area contributed by atoms with Gasteiger partial charge in [0.15, 0.2) is 12.6 Å². The summed E-state index contributed by atoms with van der Waals surface area (Å²) in [7, 11) is 2.98. The number of hydrogen-bond acceptors (Lipinski definition) is 4. The highest BCUT2D eigenvalue weighted by Crippen LogP contribution is 2.23. The molecule has 1 aliphatic heterocycles. The Balaban J connectivity index is 2.16. The van der Waals surface area contributed by atoms with E-state index >= 15 is 0 Å². The lowest BCUT2D eigenvalue weighted by Crippen LogP contribution is -3.14. The Kier molecular flexibility index (Phi) is 4.59. The highest BCUT2D eigenvalue weighted by Gasteiger charge is 2.45. The van der Waals surface area contributed by atoms with Crippen molar-refractivity contribution in [2.75, 3.05) is 25.6 Å². The van der Waals surface area contributed by atoms with Crippen LogP contribution in [-0.2, 0) is 19.1 Å². The molecule has 1 aliphatic rings. The number of esters is 1. The van der Waals surface area contributed by atoms with Gasteiger partial charge in [-0.05, 0) is 24.3 Å². The van der Waals surface area contributed by atoms with Crippen LogP contribution in [0.3, 0.4) is 0 Å². The van der Waals surface area contributed by atoms with E-state index in [2.05, 4.69) is 4.74 Å². The van der Waals surface area contributed by atoms with Crippen LogP contribution < -0.4 is 9.80 Å². The maximum absolute atomic E-state index is 12.4. The van der Waals surface area contributed by atoms with Crippen LogP contribution in [0.25, 0.3) is 0 Å². The molecule has 0 aliphatic carbocycles. The quantitative estimate of drug-likeness (QED) is 0.610. The molecule has 0 radical (unpaired) electrons. The Morgan fingerprint density at radius 1 is 1.38 bits per heavy atom. The maximum Gasteiger partial charge on any atom is 0.361 e. The number of halogens is 1. The molecule has 1 fully saturated rings. The number of rotatable bonds is 4. The van der Waals surface area contributed by atoms with Crippen LogP contribution >= 0.6 is 11.6 Å². The zero-order valence-electron chi connectivity index (χ0n) is 11.8. The molecule has 7 heteroatoms. The van der Waals surface area contributed by atoms with E-state index in [1.54, 1.807) is 31.3 Å². The molecule has 0 spiro atoms. The summed E-state index contributed by atoms with van der Waals surface area (Å²) in [4.78, 5) is 37.6. The molecule has 0 aromatic heterocycles. The zero-order valence-corrected chi connectivity index (χ0v) is 12.5. The molecule has 0 bridgehead atoms. The van der Waals surface area contributed by atoms with Gasteiger partial charge < -0.3 is 9.64 Å². The molecule has 2 rings (SSSR count). The fourth-order valence-electron chi connectivity index (χ4n) is 2.30. The number of benzene rings is 1. The minimum atomic E-state index is -0.577. The number of quaternary nitrogens is 1. The molecule has 1 aromatic rings. The molecule has 1 heterocycles. The van der Waals surface area contributed by atoms with Crippen molar-refractivity contribution in [3.8, 4) is 0 Å². The predicted molar refractivity (Wildman–Crippen MR) is 76.1 cm³/mol. The van der Waals surface area contributed by atoms with Crippen molar-refractivity contribution in [1.29, 1.82) is 0 Å². The molecular weight excluding hydrogens is 296 g/mol. The molecule has 1 saturated heterocycles. The monoisotopic (exact) mass is 311 g/mol. The van der Waals surface area contributed by atoms with E-state index < -0.39 is 12.0 Å². The second-order valence-electron chi connectivity index (χ2n) is 4.90. The smallest absolute Gasteiger partial charge is 0.361 e. The number of methoxy groups -OCH3 is 1. The molecule has 112 valence electrons. The number of ether oxygens (including phenoxy) is 1. The average Bonchev–Trinajstić information content (AvgIpc) is 2.75. The van der Waals surface area contributed by atoms with Crippen molar-refractivity contribution in [2.24, 2.45) is 0 Å². The molecule has 1 unspecified atom stereocenters. The van der Waals surface area contributed by atoms with E-state index in [4.69, 9.17) is 11.6 Å². The second-order valence-corrected chi connectivity index (χ2v) is 5.34. The minimum Gasteiger partial charge on any atom is -0.465 e. The SMILES string of the molecule is COC(=O)C[NH+](C)[C@H]1CC(=O)N(c2ccc(Cl)cc2)C1=O. The van der Waals surface area contributed by atoms with Crippen molar-refractivity contribution in [2.45, 2.75) is 12.5 Å². The summed E-state index contributed by atoms with van der Waals surface area (Å²) in [6.07, 6.45) is 0.0737. The number of imide groups is 1. The zero-order chi connectivity index (χ0) is 15.6. The fraction of sp³-hybridized carbons (Fsp3) is 0.357. The van der Waals surface area contributed by atoms with Crippen molar-refractivity contribution < 1.29 is 24.0 Å². The second kappa shape index (κ2) is 6.24. The molecule has 21 heavy (non-hydrogen) atoms. The lowest BCUT2D eigenvalue weighted by atomic mass is 10.2. The van der Waals surface area contributed by atoms with E-state index in [0.29, 0.717) is 15.6 Å². The Hall–Kier alpha value is -1.92. The number of hydrogen-bond donors (Lipinski definition) is 1. The summed E-state index contributed by atoms with van der Waals surface area (Å²) in [5.41, 5.74) is 0.489. The number of anilines is 1. The van der Waals surface area contributed by atoms with Crippen LogP contribution in [0.4, 0.5) is 5.69 Å². The normalized spacial score (nSPS) is 19.8. The van der Waals surface area contributed by atoms with Gasteiger partial charge in [0.2, 0.25) is 5.91 Å². The molecule has 0 saturated carbocycles. The van der Waals surface area contributed by atoms with E-state index in [1.165, 1.54) is 7.11 Å². The van der Waals surface area contributed by atoms with Crippen LogP contribution in [0.2, 0.25) is 5.02 Å². The minimum absolute atomic E-state index is 0.0364. The fourth-order valence-corrected chi connectivity index (χ4v) is 2.43. The van der Waals surface area contributed by atoms with Gasteiger partial charge in [-0.3, -0.25) is 9.59 Å². The Morgan fingerprint density at radius 3 is 2.57 bits per heavy atom. The highest BCUT2D eigenvalue weighted by atomic mass is 35.5. The number of nitrogens with one attached hydrogen (secondary N) is 1. The highest BCUT2D eigenvalue weighted by molar-refractivity contribution is 6.30. The Labute approximate surface area is 127 Å². The number of carbonyl (C=O) groups excluding carboxylic acids is 3. The van der Waals surface area contributed by atoms with Crippen molar-refractivity contribution >= 4 is 35.1 Å². The Bertz CT molecular complexity index is 573. The van der Waals surface area contributed by atoms with Gasteiger partial charge >= 0.3 is 5.97 Å². The van der Waals surface area contributed by atoms with Crippen LogP contribution in [-0.4, -0.2) is 44.5 Å². The molecule has 2 amide bonds. The predicted octanol–water partition coefficient (Wildman–Crippen LogP) is -0.340. The van der Waals surface area contributed by atoms with Gasteiger partial charge in [-0.15, -0.1) is 0 Å². The maximum atomic E-state index is 12.4. The third kappa shape index (κ3) is 3.22. The van der Waals surface area contributed by atoms with E-state index in [1.807, 2.05) is 0 Å². The third-order valence-corrected chi connectivity index (χ3v) is 3.73. The van der Waals surface area contributed by atoms with Gasteiger partial charge in [-0.1, -0.05) is 11.6 Å². The summed E-state index contributed by atoms with van der Waals surface area (Å²) in [5, 5.41) is 0.530. The first-order chi connectivity index (χ1) is 9.93. The molecular formula is C14H16ClN2O4+. The number of nitrogens with zero attached hydrogens (tertiary/aromatic N) is 1. The first-order valence-corrected chi connectivity index (χ1v) is 6.83. The summed E-state index contributed by atoms with van der Waals surface area (Å²) >= 11 is 5.80. The van der Waals surface area contributed by atoms with Crippen molar-refractivity contribution in [3.05, 3.63) is 29.3 Å². The average molecular weight is 312 g/mol. The lowest BCUT2D eigenvalue weighted by Gasteiger charge is -2.19. The summed E-state index contributed by atoms with van der Waals surface area (Å²) in [6.45, 7) is 0.0364. The number of likely N-dealkylation sites (N-methyl/N-ethyl adjacent to an activating group) is 1. The molecule has 2 atom stereocenters. The van der Waals surface area contributed by atoms with E-state index in [0.717, 1.165) is 4.90 Å². The van der Waals surface area contributed by atoms with E-state index in [9.17, 15) is 14.4 Å². The van der Waals surface area contributed by atoms with E-state index in [-0.39, 0.29) is 24.8 Å². The van der Waals surface area contributed by atoms with Gasteiger partial charge in [0.1, 0.15) is 0 Å². The third-order valence-electron chi connectivity index (χ3n) is 3.48. The Morgan fingerprint density at radius 2 is 2.00 bits per heavy atom.